The second-order valence-electron chi connectivity index (χ2n) is 8.82. The van der Waals surface area contributed by atoms with E-state index >= 15 is 0 Å². The second kappa shape index (κ2) is 8.85. The highest BCUT2D eigenvalue weighted by atomic mass is 16.5. The SMILES string of the molecule is COc1cc([C@H]2CC(=O)Oc3c(C(C)=O)c(O)c4c(C)cc(=O)oc4c32)ccc1OCC(C)C. The van der Waals surface area contributed by atoms with E-state index in [4.69, 9.17) is 18.6 Å². The van der Waals surface area contributed by atoms with Crippen LogP contribution in [0.15, 0.2) is 33.5 Å². The van der Waals surface area contributed by atoms with Gasteiger partial charge in [-0.1, -0.05) is 19.9 Å². The van der Waals surface area contributed by atoms with Crippen LogP contribution in [-0.2, 0) is 4.79 Å². The van der Waals surface area contributed by atoms with E-state index in [1.54, 1.807) is 25.1 Å². The number of methoxy groups -OCH3 is 1. The Hall–Kier alpha value is -3.81. The minimum Gasteiger partial charge on any atom is -0.506 e. The van der Waals surface area contributed by atoms with Crippen LogP contribution in [0, 0.1) is 12.8 Å². The van der Waals surface area contributed by atoms with Gasteiger partial charge in [0.05, 0.1) is 25.5 Å². The van der Waals surface area contributed by atoms with Gasteiger partial charge in [-0.3, -0.25) is 9.59 Å². The molecule has 1 aliphatic rings. The average Bonchev–Trinajstić information content (AvgIpc) is 2.76. The minimum atomic E-state index is -0.618. The molecule has 0 saturated carbocycles. The minimum absolute atomic E-state index is 0.0583. The van der Waals surface area contributed by atoms with E-state index in [0.29, 0.717) is 40.7 Å². The van der Waals surface area contributed by atoms with E-state index in [9.17, 15) is 19.5 Å². The molecule has 0 bridgehead atoms. The third kappa shape index (κ3) is 4.00. The quantitative estimate of drug-likeness (QED) is 0.245. The number of hydrogen-bond donors (Lipinski definition) is 1. The zero-order chi connectivity index (χ0) is 24.7. The van der Waals surface area contributed by atoms with Gasteiger partial charge in [-0.05, 0) is 43.0 Å². The van der Waals surface area contributed by atoms with Crippen LogP contribution >= 0.6 is 0 Å². The fourth-order valence-electron chi connectivity index (χ4n) is 4.30. The Kier molecular flexibility index (Phi) is 6.08. The Balaban J connectivity index is 2.00. The van der Waals surface area contributed by atoms with Crippen molar-refractivity contribution in [2.75, 3.05) is 13.7 Å². The summed E-state index contributed by atoms with van der Waals surface area (Å²) in [6, 6.07) is 6.55. The number of carbonyl (C=O) groups excluding carboxylic acids is 2. The largest absolute Gasteiger partial charge is 0.506 e. The lowest BCUT2D eigenvalue weighted by Gasteiger charge is -2.28. The number of rotatable bonds is 6. The van der Waals surface area contributed by atoms with Crippen LogP contribution in [0.5, 0.6) is 23.0 Å². The summed E-state index contributed by atoms with van der Waals surface area (Å²) in [6.45, 7) is 7.49. The van der Waals surface area contributed by atoms with Crippen LogP contribution in [0.2, 0.25) is 0 Å². The summed E-state index contributed by atoms with van der Waals surface area (Å²) in [5.74, 6) is -0.794. The van der Waals surface area contributed by atoms with Gasteiger partial charge in [0.25, 0.3) is 0 Å². The first-order valence-electron chi connectivity index (χ1n) is 11.0. The van der Waals surface area contributed by atoms with Crippen molar-refractivity contribution in [3.63, 3.8) is 0 Å². The van der Waals surface area contributed by atoms with Gasteiger partial charge in [-0.25, -0.2) is 4.79 Å². The van der Waals surface area contributed by atoms with Gasteiger partial charge in [0.1, 0.15) is 16.9 Å². The highest BCUT2D eigenvalue weighted by Gasteiger charge is 2.37. The number of aryl methyl sites for hydroxylation is 1. The van der Waals surface area contributed by atoms with Crippen molar-refractivity contribution in [2.45, 2.75) is 40.0 Å². The molecule has 178 valence electrons. The molecule has 4 rings (SSSR count). The number of esters is 1. The van der Waals surface area contributed by atoms with Gasteiger partial charge in [0, 0.05) is 17.5 Å². The molecule has 0 radical (unpaired) electrons. The third-order valence-electron chi connectivity index (χ3n) is 5.80. The number of aromatic hydroxyl groups is 1. The third-order valence-corrected chi connectivity index (χ3v) is 5.80. The fraction of sp³-hybridized carbons (Fsp3) is 0.346. The van der Waals surface area contributed by atoms with Crippen molar-refractivity contribution in [1.29, 1.82) is 0 Å². The lowest BCUT2D eigenvalue weighted by molar-refractivity contribution is -0.135. The number of phenolic OH excluding ortho intramolecular Hbond substituents is 1. The van der Waals surface area contributed by atoms with Crippen LogP contribution < -0.4 is 19.8 Å². The predicted octanol–water partition coefficient (Wildman–Crippen LogP) is 4.49. The molecule has 0 saturated heterocycles. The maximum atomic E-state index is 12.6. The Bertz CT molecular complexity index is 1370. The molecule has 0 unspecified atom stereocenters. The van der Waals surface area contributed by atoms with Crippen LogP contribution in [-0.4, -0.2) is 30.6 Å². The number of phenols is 1. The molecule has 0 spiro atoms. The van der Waals surface area contributed by atoms with Crippen molar-refractivity contribution in [3.05, 3.63) is 56.9 Å². The van der Waals surface area contributed by atoms with Crippen LogP contribution in [0.1, 0.15) is 60.2 Å². The zero-order valence-corrected chi connectivity index (χ0v) is 19.7. The monoisotopic (exact) mass is 466 g/mol. The van der Waals surface area contributed by atoms with Gasteiger partial charge < -0.3 is 23.7 Å². The molecule has 8 nitrogen and oxygen atoms in total. The van der Waals surface area contributed by atoms with Gasteiger partial charge in [0.15, 0.2) is 23.0 Å². The smallest absolute Gasteiger partial charge is 0.336 e. The number of benzene rings is 2. The summed E-state index contributed by atoms with van der Waals surface area (Å²) in [6.07, 6.45) is -0.0583. The maximum Gasteiger partial charge on any atom is 0.336 e. The van der Waals surface area contributed by atoms with E-state index in [1.807, 2.05) is 13.8 Å². The van der Waals surface area contributed by atoms with Gasteiger partial charge >= 0.3 is 11.6 Å². The highest BCUT2D eigenvalue weighted by Crippen LogP contribution is 2.50. The van der Waals surface area contributed by atoms with Crippen LogP contribution in [0.3, 0.4) is 0 Å². The Morgan fingerprint density at radius 2 is 1.94 bits per heavy atom. The average molecular weight is 466 g/mol. The first-order chi connectivity index (χ1) is 16.1. The van der Waals surface area contributed by atoms with Crippen molar-refractivity contribution in [3.8, 4) is 23.0 Å². The molecule has 1 atom stereocenters. The van der Waals surface area contributed by atoms with Gasteiger partial charge in [-0.2, -0.15) is 0 Å². The van der Waals surface area contributed by atoms with E-state index in [2.05, 4.69) is 0 Å². The number of Topliss-reactive ketones (excluding diaryl/α,β-unsaturated/α-hetero) is 1. The fourth-order valence-corrected chi connectivity index (χ4v) is 4.30. The van der Waals surface area contributed by atoms with E-state index in [1.165, 1.54) is 20.1 Å². The van der Waals surface area contributed by atoms with E-state index in [-0.39, 0.29) is 34.5 Å². The first-order valence-corrected chi connectivity index (χ1v) is 11.0. The highest BCUT2D eigenvalue weighted by molar-refractivity contribution is 6.09. The Morgan fingerprint density at radius 3 is 2.59 bits per heavy atom. The van der Waals surface area contributed by atoms with E-state index < -0.39 is 23.3 Å². The molecule has 8 heteroatoms. The summed E-state index contributed by atoms with van der Waals surface area (Å²) in [7, 11) is 1.52. The van der Waals surface area contributed by atoms with Crippen molar-refractivity contribution < 1.29 is 33.3 Å². The summed E-state index contributed by atoms with van der Waals surface area (Å²) in [5, 5.41) is 11.1. The molecule has 2 heterocycles. The molecule has 0 aliphatic carbocycles. The second-order valence-corrected chi connectivity index (χ2v) is 8.82. The molecule has 2 aromatic carbocycles. The number of carbonyl (C=O) groups is 2. The summed E-state index contributed by atoms with van der Waals surface area (Å²) < 4.78 is 22.3. The Labute approximate surface area is 196 Å². The molecule has 0 amide bonds. The van der Waals surface area contributed by atoms with Crippen molar-refractivity contribution in [1.82, 2.24) is 0 Å². The first kappa shape index (κ1) is 23.4. The zero-order valence-electron chi connectivity index (χ0n) is 19.7. The molecular formula is C26H26O8. The lowest BCUT2D eigenvalue weighted by Crippen LogP contribution is -2.24. The molecule has 0 fully saturated rings. The number of fused-ring (bicyclic) bond motifs is 3. The van der Waals surface area contributed by atoms with Crippen LogP contribution in [0.4, 0.5) is 0 Å². The molecule has 1 N–H and O–H groups in total. The van der Waals surface area contributed by atoms with Gasteiger partial charge in [0.2, 0.25) is 0 Å². The molecular weight excluding hydrogens is 440 g/mol. The molecule has 34 heavy (non-hydrogen) atoms. The summed E-state index contributed by atoms with van der Waals surface area (Å²) in [5.41, 5.74) is 0.821. The standard InChI is InChI=1S/C26H26O8/c1-12(2)11-32-17-7-6-15(9-18(17)31-5)16-10-20(29)34-26-22(14(4)27)24(30)21-13(3)8-19(28)33-25(21)23(16)26/h6-9,12,16,30H,10-11H2,1-5H3/t16-/m1/s1. The van der Waals surface area contributed by atoms with Crippen molar-refractivity contribution >= 4 is 22.7 Å². The molecule has 3 aromatic rings. The predicted molar refractivity (Wildman–Crippen MR) is 124 cm³/mol. The summed E-state index contributed by atoms with van der Waals surface area (Å²) >= 11 is 0. The number of ketones is 1. The Morgan fingerprint density at radius 1 is 1.21 bits per heavy atom. The summed E-state index contributed by atoms with van der Waals surface area (Å²) in [4.78, 5) is 37.3. The van der Waals surface area contributed by atoms with Crippen LogP contribution in [0.25, 0.3) is 11.0 Å². The topological polar surface area (TPSA) is 112 Å². The van der Waals surface area contributed by atoms with Crippen molar-refractivity contribution in [2.24, 2.45) is 5.92 Å². The lowest BCUT2D eigenvalue weighted by atomic mass is 9.82. The number of hydrogen-bond acceptors (Lipinski definition) is 8. The maximum absolute atomic E-state index is 12.6. The van der Waals surface area contributed by atoms with Gasteiger partial charge in [-0.15, -0.1) is 0 Å². The number of ether oxygens (including phenoxy) is 3. The molecule has 1 aromatic heterocycles. The van der Waals surface area contributed by atoms with E-state index in [0.717, 1.165) is 0 Å². The molecule has 1 aliphatic heterocycles. The normalized spacial score (nSPS) is 15.2.